The van der Waals surface area contributed by atoms with Crippen molar-refractivity contribution in [3.8, 4) is 5.75 Å². The number of hydrogen-bond donors (Lipinski definition) is 5. The Hall–Kier alpha value is -6.44. The lowest BCUT2D eigenvalue weighted by Gasteiger charge is -2.48. The van der Waals surface area contributed by atoms with Crippen LogP contribution in [0.25, 0.3) is 0 Å². The number of halogens is 2. The maximum absolute atomic E-state index is 15.8. The number of benzene rings is 2. The van der Waals surface area contributed by atoms with Crippen LogP contribution >= 0.6 is 11.3 Å². The average Bonchev–Trinajstić information content (AvgIpc) is 0.914. The van der Waals surface area contributed by atoms with E-state index in [1.165, 1.54) is 23.5 Å². The summed E-state index contributed by atoms with van der Waals surface area (Å²) in [5, 5.41) is 18.2. The van der Waals surface area contributed by atoms with Crippen molar-refractivity contribution in [2.75, 3.05) is 140 Å². The smallest absolute Gasteiger partial charge is 0.246 e. The Bertz CT molecular complexity index is 3210. The third kappa shape index (κ3) is 16.9. The summed E-state index contributed by atoms with van der Waals surface area (Å²) in [6.45, 7) is 18.4. The molecular weight excluding hydrogens is 1190 g/mol. The van der Waals surface area contributed by atoms with E-state index < -0.39 is 29.3 Å². The van der Waals surface area contributed by atoms with Crippen LogP contribution in [-0.2, 0) is 30.5 Å². The van der Waals surface area contributed by atoms with Crippen LogP contribution in [0.3, 0.4) is 0 Å². The van der Waals surface area contributed by atoms with Crippen LogP contribution in [0.5, 0.6) is 5.75 Å². The molecule has 4 aromatic rings. The van der Waals surface area contributed by atoms with Gasteiger partial charge >= 0.3 is 0 Å². The molecule has 24 heteroatoms. The number of piperidine rings is 2. The van der Waals surface area contributed by atoms with Gasteiger partial charge in [-0.3, -0.25) is 28.9 Å². The predicted octanol–water partition coefficient (Wildman–Crippen LogP) is 6.79. The molecule has 5 N–H and O–H groups in total. The third-order valence-electron chi connectivity index (χ3n) is 20.7. The number of hydrogen-bond acceptors (Lipinski definition) is 18. The zero-order valence-electron chi connectivity index (χ0n) is 54.4. The number of aromatic nitrogens is 3. The van der Waals surface area contributed by atoms with E-state index in [-0.39, 0.29) is 71.0 Å². The monoisotopic (exact) mass is 1290 g/mol. The van der Waals surface area contributed by atoms with Gasteiger partial charge in [-0.25, -0.2) is 23.7 Å². The van der Waals surface area contributed by atoms with Crippen LogP contribution in [0, 0.1) is 28.4 Å². The molecule has 0 radical (unpaired) electrons. The molecule has 0 bridgehead atoms. The lowest BCUT2D eigenvalue weighted by atomic mass is 9.82. The SMILES string of the molecule is CN[C@@H](C)C(=O)N[C@H](C(=O)N1CCC[C@H]1c1nc(C(=O)c2cccc(OCCNC(=O)CCN3CC[C@@]4(CCN(CCOCCNc5cc(N6CCC7(CC6)CN(c6cc(F)c(CN8CCC(C)(C)CC8)cc6F)CC(=O)N7)ncn5)C4)C3)c2)cs1)C1CCCCC1. The van der Waals surface area contributed by atoms with Gasteiger partial charge in [0.15, 0.2) is 0 Å². The summed E-state index contributed by atoms with van der Waals surface area (Å²) < 4.78 is 43.4. The number of nitrogens with one attached hydrogen (secondary N) is 5. The minimum absolute atomic E-state index is 0.0247. The molecule has 7 aliphatic rings. The lowest BCUT2D eigenvalue weighted by Crippen LogP contribution is -2.66. The van der Waals surface area contributed by atoms with Crippen LogP contribution < -0.4 is 41.1 Å². The second kappa shape index (κ2) is 30.3. The number of likely N-dealkylation sites (tertiary alicyclic amines) is 4. The fourth-order valence-corrected chi connectivity index (χ4v) is 15.8. The fourth-order valence-electron chi connectivity index (χ4n) is 14.9. The number of nitrogens with zero attached hydrogens (tertiary/aromatic N) is 9. The fraction of sp³-hybridized carbons (Fsp3) is 0.647. The standard InChI is InChI=1S/C68H96F2N14O7S/c1-47(71-4)63(88)77-61(48-10-6-5-7-11-48)65(89)84-24-9-14-55(84)64-76-54(42-92-64)62(87)49-12-8-13-51(36-49)91-34-23-73-59(85)15-25-80-28-18-67(43-80)19-29-81(44-67)32-35-90-33-22-72-57-39-58(75-46-74-57)82-30-20-68(21-31-82)45-83(41-60(86)78-68)56-38-52(69)50(37-53(56)70)40-79-26-16-66(2,3)17-27-79/h8,12-13,36-39,42,46-48,55,61,71H,5-7,9-11,14-35,40-41,43-45H2,1-4H3,(H,73,85)(H,77,88)(H,78,86)(H,72,74,75)/t47-,55-,61-,67+/m0/s1. The first-order valence-corrected chi connectivity index (χ1v) is 34.7. The van der Waals surface area contributed by atoms with Gasteiger partial charge in [0, 0.05) is 101 Å². The molecule has 8 heterocycles. The molecule has 2 aromatic carbocycles. The Morgan fingerprint density at radius 2 is 1.55 bits per heavy atom. The summed E-state index contributed by atoms with van der Waals surface area (Å²) in [7, 11) is 1.74. The Morgan fingerprint density at radius 1 is 0.793 bits per heavy atom. The average molecular weight is 1290 g/mol. The molecule has 1 saturated carbocycles. The Balaban J connectivity index is 0.546. The summed E-state index contributed by atoms with van der Waals surface area (Å²) in [5.41, 5.74) is 1.16. The number of carbonyl (C=O) groups is 5. The summed E-state index contributed by atoms with van der Waals surface area (Å²) >= 11 is 1.39. The zero-order chi connectivity index (χ0) is 64.4. The highest BCUT2D eigenvalue weighted by Gasteiger charge is 2.45. The molecule has 6 aliphatic heterocycles. The molecule has 1 aliphatic carbocycles. The second-order valence-electron chi connectivity index (χ2n) is 27.8. The molecule has 0 unspecified atom stereocenters. The van der Waals surface area contributed by atoms with E-state index in [1.54, 1.807) is 54.8 Å². The van der Waals surface area contributed by atoms with Crippen molar-refractivity contribution in [1.29, 1.82) is 0 Å². The number of piperazine rings is 1. The van der Waals surface area contributed by atoms with Crippen molar-refractivity contribution in [2.24, 2.45) is 16.7 Å². The van der Waals surface area contributed by atoms with Crippen molar-refractivity contribution in [3.05, 3.63) is 87.6 Å². The number of rotatable bonds is 26. The van der Waals surface area contributed by atoms with E-state index >= 15 is 8.78 Å². The molecule has 7 fully saturated rings. The minimum Gasteiger partial charge on any atom is -0.492 e. The van der Waals surface area contributed by atoms with E-state index in [2.05, 4.69) is 70.0 Å². The van der Waals surface area contributed by atoms with Crippen molar-refractivity contribution < 1.29 is 42.2 Å². The lowest BCUT2D eigenvalue weighted by molar-refractivity contribution is -0.139. The molecule has 11 rings (SSSR count). The maximum atomic E-state index is 15.8. The van der Waals surface area contributed by atoms with Crippen LogP contribution in [0.1, 0.15) is 143 Å². The molecule has 2 spiro atoms. The number of carbonyl (C=O) groups excluding carboxylic acids is 5. The van der Waals surface area contributed by atoms with Crippen molar-refractivity contribution in [1.82, 2.24) is 55.8 Å². The summed E-state index contributed by atoms with van der Waals surface area (Å²) in [6.07, 6.45) is 14.1. The Kier molecular flexibility index (Phi) is 22.1. The van der Waals surface area contributed by atoms with Gasteiger partial charge in [0.2, 0.25) is 29.4 Å². The maximum Gasteiger partial charge on any atom is 0.246 e. The predicted molar refractivity (Wildman–Crippen MR) is 351 cm³/mol. The van der Waals surface area contributed by atoms with E-state index in [9.17, 15) is 24.0 Å². The highest BCUT2D eigenvalue weighted by atomic mass is 32.1. The van der Waals surface area contributed by atoms with Gasteiger partial charge in [-0.05, 0) is 139 Å². The molecule has 6 saturated heterocycles. The highest BCUT2D eigenvalue weighted by molar-refractivity contribution is 7.10. The number of ketones is 1. The van der Waals surface area contributed by atoms with Gasteiger partial charge in [0.05, 0.1) is 49.6 Å². The topological polar surface area (TPSA) is 222 Å². The summed E-state index contributed by atoms with van der Waals surface area (Å²) in [5.74, 6) is 0.440. The molecule has 4 amide bonds. The number of ether oxygens (including phenoxy) is 2. The van der Waals surface area contributed by atoms with E-state index in [1.807, 2.05) is 11.0 Å². The number of thiazole rings is 1. The van der Waals surface area contributed by atoms with Crippen molar-refractivity contribution in [2.45, 2.75) is 141 Å². The van der Waals surface area contributed by atoms with E-state index in [4.69, 9.17) is 14.5 Å². The van der Waals surface area contributed by atoms with Crippen LogP contribution in [0.2, 0.25) is 0 Å². The number of amides is 4. The Morgan fingerprint density at radius 3 is 2.33 bits per heavy atom. The van der Waals surface area contributed by atoms with E-state index in [0.29, 0.717) is 113 Å². The molecule has 500 valence electrons. The largest absolute Gasteiger partial charge is 0.492 e. The zero-order valence-corrected chi connectivity index (χ0v) is 55.2. The normalized spacial score (nSPS) is 22.8. The molecular formula is C68H96F2N14O7S. The third-order valence-corrected chi connectivity index (χ3v) is 21.6. The van der Waals surface area contributed by atoms with Gasteiger partial charge in [0.1, 0.15) is 58.7 Å². The first-order valence-electron chi connectivity index (χ1n) is 33.8. The minimum atomic E-state index is -0.594. The van der Waals surface area contributed by atoms with Crippen LogP contribution in [0.4, 0.5) is 26.1 Å². The van der Waals surface area contributed by atoms with Gasteiger partial charge in [0.25, 0.3) is 0 Å². The first kappa shape index (κ1) is 67.0. The number of anilines is 3. The van der Waals surface area contributed by atoms with E-state index in [0.717, 1.165) is 127 Å². The Labute approximate surface area is 544 Å². The number of likely N-dealkylation sites (N-methyl/N-ethyl adjacent to an activating group) is 1. The van der Waals surface area contributed by atoms with Gasteiger partial charge in [-0.2, -0.15) is 0 Å². The van der Waals surface area contributed by atoms with Crippen LogP contribution in [0.15, 0.2) is 54.2 Å². The highest BCUT2D eigenvalue weighted by Crippen LogP contribution is 2.41. The molecule has 4 atom stereocenters. The quantitative estimate of drug-likeness (QED) is 0.0323. The summed E-state index contributed by atoms with van der Waals surface area (Å²) in [6, 6.07) is 10.3. The first-order chi connectivity index (χ1) is 44.4. The van der Waals surface area contributed by atoms with Gasteiger partial charge < -0.3 is 60.6 Å². The summed E-state index contributed by atoms with van der Waals surface area (Å²) in [4.78, 5) is 93.9. The molecule has 2 aromatic heterocycles. The molecule has 92 heavy (non-hydrogen) atoms. The van der Waals surface area contributed by atoms with Crippen molar-refractivity contribution >= 4 is 58.1 Å². The van der Waals surface area contributed by atoms with Crippen LogP contribution in [-0.4, -0.2) is 207 Å². The molecule has 21 nitrogen and oxygen atoms in total. The van der Waals surface area contributed by atoms with Gasteiger partial charge in [-0.1, -0.05) is 45.2 Å². The van der Waals surface area contributed by atoms with Crippen molar-refractivity contribution in [3.63, 3.8) is 0 Å². The van der Waals surface area contributed by atoms with Gasteiger partial charge in [-0.15, -0.1) is 11.3 Å². The second-order valence-corrected chi connectivity index (χ2v) is 28.7.